The van der Waals surface area contributed by atoms with Gasteiger partial charge in [-0.2, -0.15) is 8.42 Å². The number of amides is 1. The number of methoxy groups -OCH3 is 1. The van der Waals surface area contributed by atoms with Crippen molar-refractivity contribution in [3.05, 3.63) is 76.8 Å². The fourth-order valence-electron chi connectivity index (χ4n) is 4.89. The van der Waals surface area contributed by atoms with E-state index in [2.05, 4.69) is 10.1 Å². The molecule has 1 saturated carbocycles. The third-order valence-electron chi connectivity index (χ3n) is 6.77. The van der Waals surface area contributed by atoms with Crippen molar-refractivity contribution in [1.82, 2.24) is 0 Å². The summed E-state index contributed by atoms with van der Waals surface area (Å²) in [7, 11) is -2.46. The van der Waals surface area contributed by atoms with Gasteiger partial charge in [-0.25, -0.2) is 0 Å². The molecule has 1 unspecified atom stereocenters. The van der Waals surface area contributed by atoms with E-state index in [0.717, 1.165) is 24.7 Å². The van der Waals surface area contributed by atoms with Crippen molar-refractivity contribution in [1.29, 1.82) is 0 Å². The lowest BCUT2D eigenvalue weighted by molar-refractivity contribution is -0.274. The molecule has 1 N–H and O–H groups in total. The Balaban J connectivity index is 1.54. The van der Waals surface area contributed by atoms with E-state index in [0.29, 0.717) is 28.5 Å². The lowest BCUT2D eigenvalue weighted by Gasteiger charge is -2.27. The lowest BCUT2D eigenvalue weighted by Crippen LogP contribution is -2.38. The second kappa shape index (κ2) is 10.1. The Bertz CT molecular complexity index is 1560. The topological polar surface area (TPSA) is 94.2 Å². The summed E-state index contributed by atoms with van der Waals surface area (Å²) in [6, 6.07) is 13.9. The number of nitrogens with zero attached hydrogens (tertiary/aromatic N) is 1. The number of halogens is 4. The minimum atomic E-state index is -4.88. The maximum absolute atomic E-state index is 14.2. The van der Waals surface area contributed by atoms with Crippen LogP contribution < -0.4 is 23.9 Å². The molecule has 1 heterocycles. The molecule has 0 aromatic heterocycles. The summed E-state index contributed by atoms with van der Waals surface area (Å²) in [5, 5.41) is 3.57. The first-order valence-electron chi connectivity index (χ1n) is 12.1. The number of carbonyl (C=O) groups is 1. The number of nitrogens with one attached hydrogen (secondary N) is 1. The van der Waals surface area contributed by atoms with Crippen molar-refractivity contribution in [2.45, 2.75) is 30.7 Å². The fraction of sp³-hybridized carbons (Fsp3) is 0.296. The lowest BCUT2D eigenvalue weighted by atomic mass is 9.99. The number of hydrogen-bond acceptors (Lipinski definition) is 7. The molecule has 13 heteroatoms. The van der Waals surface area contributed by atoms with Crippen LogP contribution in [0.5, 0.6) is 17.2 Å². The van der Waals surface area contributed by atoms with Crippen molar-refractivity contribution in [3.63, 3.8) is 0 Å². The fourth-order valence-corrected chi connectivity index (χ4v) is 5.46. The average molecular weight is 597 g/mol. The van der Waals surface area contributed by atoms with Gasteiger partial charge in [0, 0.05) is 46.9 Å². The summed E-state index contributed by atoms with van der Waals surface area (Å²) in [6.07, 6.45) is -2.39. The smallest absolute Gasteiger partial charge is 0.497 e. The van der Waals surface area contributed by atoms with Crippen molar-refractivity contribution in [3.8, 4) is 17.2 Å². The third kappa shape index (κ3) is 6.07. The molecule has 8 nitrogen and oxygen atoms in total. The van der Waals surface area contributed by atoms with Gasteiger partial charge in [-0.15, -0.1) is 13.2 Å². The van der Waals surface area contributed by atoms with Crippen LogP contribution in [0.2, 0.25) is 5.02 Å². The number of alkyl halides is 3. The third-order valence-corrected chi connectivity index (χ3v) is 7.52. The van der Waals surface area contributed by atoms with Gasteiger partial charge in [0.1, 0.15) is 23.3 Å². The molecule has 0 saturated heterocycles. The number of benzene rings is 3. The average Bonchev–Trinajstić information content (AvgIpc) is 3.57. The molecule has 1 atom stereocenters. The van der Waals surface area contributed by atoms with E-state index in [9.17, 15) is 26.4 Å². The molecule has 5 rings (SSSR count). The summed E-state index contributed by atoms with van der Waals surface area (Å²) in [4.78, 5) is 15.7. The summed E-state index contributed by atoms with van der Waals surface area (Å²) >= 11 is 6.08. The zero-order valence-corrected chi connectivity index (χ0v) is 22.9. The molecular weight excluding hydrogens is 573 g/mol. The summed E-state index contributed by atoms with van der Waals surface area (Å²) < 4.78 is 76.7. The Hall–Kier alpha value is -3.64. The number of hydrogen-bond donors (Lipinski definition) is 1. The Morgan fingerprint density at radius 1 is 1.02 bits per heavy atom. The first-order valence-corrected chi connectivity index (χ1v) is 14.3. The molecular formula is C27H24ClF3N2O6S. The van der Waals surface area contributed by atoms with E-state index in [4.69, 9.17) is 20.5 Å². The molecule has 0 radical (unpaired) electrons. The standard InChI is InChI=1S/C27H24ClF3N2O6S/c1-37-20-11-18(12-21(13-20)39-40(2,35)36)32-24(16-3-5-17(28)6-4-16)25(34)33-15-26(9-10-26)22-8-7-19(14-23(22)33)38-27(29,30)31/h3-8,11-14,24,32H,9-10,15H2,1-2H3. The predicted octanol–water partition coefficient (Wildman–Crippen LogP) is 5.82. The van der Waals surface area contributed by atoms with Crippen LogP contribution >= 0.6 is 11.6 Å². The van der Waals surface area contributed by atoms with Gasteiger partial charge < -0.3 is 23.9 Å². The van der Waals surface area contributed by atoms with E-state index >= 15 is 0 Å². The van der Waals surface area contributed by atoms with Crippen LogP contribution in [0.3, 0.4) is 0 Å². The van der Waals surface area contributed by atoms with Crippen LogP contribution in [0.25, 0.3) is 0 Å². The quantitative estimate of drug-likeness (QED) is 0.328. The zero-order chi connectivity index (χ0) is 28.9. The normalized spacial score (nSPS) is 16.3. The van der Waals surface area contributed by atoms with Crippen LogP contribution in [0.1, 0.15) is 30.0 Å². The van der Waals surface area contributed by atoms with Gasteiger partial charge in [-0.1, -0.05) is 29.8 Å². The SMILES string of the molecule is COc1cc(NC(C(=O)N2CC3(CC3)c3ccc(OC(F)(F)F)cc32)c2ccc(Cl)cc2)cc(OS(C)(=O)=O)c1. The summed E-state index contributed by atoms with van der Waals surface area (Å²) in [5.41, 5.74) is 1.63. The molecule has 1 fully saturated rings. The minimum absolute atomic E-state index is 0.0379. The zero-order valence-electron chi connectivity index (χ0n) is 21.3. The molecule has 1 aliphatic heterocycles. The number of ether oxygens (including phenoxy) is 2. The van der Waals surface area contributed by atoms with Crippen LogP contribution in [-0.2, 0) is 20.3 Å². The molecule has 40 heavy (non-hydrogen) atoms. The molecule has 212 valence electrons. The molecule has 1 spiro atoms. The first kappa shape index (κ1) is 27.9. The summed E-state index contributed by atoms with van der Waals surface area (Å²) in [6.45, 7) is 0.295. The van der Waals surface area contributed by atoms with Gasteiger partial charge in [-0.3, -0.25) is 4.79 Å². The van der Waals surface area contributed by atoms with Gasteiger partial charge in [0.2, 0.25) is 0 Å². The van der Waals surface area contributed by atoms with Gasteiger partial charge in [0.15, 0.2) is 0 Å². The molecule has 0 bridgehead atoms. The highest BCUT2D eigenvalue weighted by molar-refractivity contribution is 7.86. The highest BCUT2D eigenvalue weighted by Crippen LogP contribution is 2.57. The predicted molar refractivity (Wildman–Crippen MR) is 143 cm³/mol. The minimum Gasteiger partial charge on any atom is -0.497 e. The maximum Gasteiger partial charge on any atom is 0.573 e. The van der Waals surface area contributed by atoms with Gasteiger partial charge in [0.05, 0.1) is 19.1 Å². The van der Waals surface area contributed by atoms with E-state index < -0.39 is 34.2 Å². The number of anilines is 2. The van der Waals surface area contributed by atoms with Crippen LogP contribution in [-0.4, -0.2) is 40.6 Å². The number of fused-ring (bicyclic) bond motifs is 2. The monoisotopic (exact) mass is 596 g/mol. The molecule has 3 aromatic rings. The van der Waals surface area contributed by atoms with Crippen molar-refractivity contribution in [2.24, 2.45) is 0 Å². The summed E-state index contributed by atoms with van der Waals surface area (Å²) in [5.74, 6) is -0.634. The van der Waals surface area contributed by atoms with Crippen molar-refractivity contribution >= 4 is 39.0 Å². The Morgan fingerprint density at radius 3 is 2.30 bits per heavy atom. The van der Waals surface area contributed by atoms with E-state index in [1.54, 1.807) is 36.4 Å². The Morgan fingerprint density at radius 2 is 1.70 bits per heavy atom. The van der Waals surface area contributed by atoms with Crippen molar-refractivity contribution < 1.29 is 40.0 Å². The molecule has 1 aliphatic carbocycles. The molecule has 3 aromatic carbocycles. The van der Waals surface area contributed by atoms with Crippen LogP contribution in [0.15, 0.2) is 60.7 Å². The second-order valence-electron chi connectivity index (χ2n) is 9.75. The van der Waals surface area contributed by atoms with E-state index in [-0.39, 0.29) is 16.9 Å². The van der Waals surface area contributed by atoms with Crippen LogP contribution in [0, 0.1) is 0 Å². The van der Waals surface area contributed by atoms with Gasteiger partial charge >= 0.3 is 16.5 Å². The second-order valence-corrected chi connectivity index (χ2v) is 11.8. The van der Waals surface area contributed by atoms with E-state index in [1.165, 1.54) is 36.3 Å². The number of rotatable bonds is 8. The molecule has 1 amide bonds. The Labute approximate surface area is 233 Å². The maximum atomic E-state index is 14.2. The van der Waals surface area contributed by atoms with Crippen LogP contribution in [0.4, 0.5) is 24.5 Å². The highest BCUT2D eigenvalue weighted by Gasteiger charge is 2.54. The molecule has 2 aliphatic rings. The largest absolute Gasteiger partial charge is 0.573 e. The highest BCUT2D eigenvalue weighted by atomic mass is 35.5. The van der Waals surface area contributed by atoms with Gasteiger partial charge in [0.25, 0.3) is 5.91 Å². The van der Waals surface area contributed by atoms with E-state index in [1.807, 2.05) is 0 Å². The first-order chi connectivity index (χ1) is 18.7. The Kier molecular flexibility index (Phi) is 7.03. The van der Waals surface area contributed by atoms with Crippen molar-refractivity contribution in [2.75, 3.05) is 30.1 Å². The number of carbonyl (C=O) groups excluding carboxylic acids is 1. The van der Waals surface area contributed by atoms with Gasteiger partial charge in [-0.05, 0) is 42.2 Å².